The number of aromatic nitrogens is 1. The summed E-state index contributed by atoms with van der Waals surface area (Å²) in [7, 11) is -3.00. The SMILES string of the molecule is CCOP(=O)(CCCCCCn1c2ccc(/C(C)=N/O)cc2c2cc([N+](=O)[O-])ccc21)OCC. The lowest BCUT2D eigenvalue weighted by Crippen LogP contribution is -2.01. The Bertz CT molecular complexity index is 1230. The second-order valence-electron chi connectivity index (χ2n) is 8.11. The van der Waals surface area contributed by atoms with Crippen LogP contribution in [0.15, 0.2) is 41.6 Å². The molecule has 1 N–H and O–H groups in total. The van der Waals surface area contributed by atoms with E-state index in [-0.39, 0.29) is 5.69 Å². The second-order valence-corrected chi connectivity index (χ2v) is 10.3. The van der Waals surface area contributed by atoms with Gasteiger partial charge in [-0.1, -0.05) is 24.1 Å². The van der Waals surface area contributed by atoms with Crippen LogP contribution in [-0.2, 0) is 20.2 Å². The van der Waals surface area contributed by atoms with Crippen LogP contribution in [0, 0.1) is 10.1 Å². The van der Waals surface area contributed by atoms with Crippen molar-refractivity contribution in [2.75, 3.05) is 19.4 Å². The number of non-ortho nitro benzene ring substituents is 1. The minimum atomic E-state index is -3.00. The van der Waals surface area contributed by atoms with Crippen molar-refractivity contribution in [1.82, 2.24) is 4.57 Å². The smallest absolute Gasteiger partial charge is 0.330 e. The summed E-state index contributed by atoms with van der Waals surface area (Å²) in [5, 5.41) is 25.5. The van der Waals surface area contributed by atoms with Gasteiger partial charge < -0.3 is 18.8 Å². The molecule has 1 heterocycles. The van der Waals surface area contributed by atoms with Crippen LogP contribution in [0.4, 0.5) is 5.69 Å². The summed E-state index contributed by atoms with van der Waals surface area (Å²) in [6.45, 7) is 6.82. The molecule has 0 aliphatic heterocycles. The van der Waals surface area contributed by atoms with Crippen LogP contribution >= 0.6 is 7.60 Å². The van der Waals surface area contributed by atoms with Crippen LogP contribution in [0.1, 0.15) is 52.0 Å². The molecular formula is C24H32N3O6P. The number of unbranched alkanes of at least 4 members (excludes halogenated alkanes) is 3. The highest BCUT2D eigenvalue weighted by Gasteiger charge is 2.22. The van der Waals surface area contributed by atoms with E-state index in [0.29, 0.717) is 25.1 Å². The van der Waals surface area contributed by atoms with Crippen molar-refractivity contribution < 1.29 is 23.7 Å². The summed E-state index contributed by atoms with van der Waals surface area (Å²) in [5.74, 6) is 0. The summed E-state index contributed by atoms with van der Waals surface area (Å²) >= 11 is 0. The largest absolute Gasteiger partial charge is 0.411 e. The van der Waals surface area contributed by atoms with Crippen molar-refractivity contribution in [3.05, 3.63) is 52.1 Å². The normalized spacial score (nSPS) is 12.6. The molecule has 0 bridgehead atoms. The highest BCUT2D eigenvalue weighted by molar-refractivity contribution is 7.53. The number of hydrogen-bond donors (Lipinski definition) is 1. The van der Waals surface area contributed by atoms with Crippen LogP contribution in [0.25, 0.3) is 21.8 Å². The number of oxime groups is 1. The third kappa shape index (κ3) is 5.84. The number of rotatable bonds is 13. The summed E-state index contributed by atoms with van der Waals surface area (Å²) < 4.78 is 25.5. The molecule has 2 aromatic carbocycles. The Kier molecular flexibility index (Phi) is 8.83. The van der Waals surface area contributed by atoms with Gasteiger partial charge in [-0.3, -0.25) is 14.7 Å². The number of benzene rings is 2. The third-order valence-electron chi connectivity index (χ3n) is 5.84. The van der Waals surface area contributed by atoms with E-state index in [4.69, 9.17) is 14.3 Å². The first-order chi connectivity index (χ1) is 16.3. The minimum absolute atomic E-state index is 0.0394. The molecule has 0 saturated heterocycles. The zero-order valence-corrected chi connectivity index (χ0v) is 20.8. The first-order valence-corrected chi connectivity index (χ1v) is 13.3. The van der Waals surface area contributed by atoms with Crippen LogP contribution < -0.4 is 0 Å². The van der Waals surface area contributed by atoms with E-state index < -0.39 is 12.5 Å². The topological polar surface area (TPSA) is 116 Å². The molecule has 34 heavy (non-hydrogen) atoms. The highest BCUT2D eigenvalue weighted by atomic mass is 31.2. The molecule has 9 nitrogen and oxygen atoms in total. The van der Waals surface area contributed by atoms with Crippen LogP contribution in [0.5, 0.6) is 0 Å². The number of nitro groups is 1. The molecular weight excluding hydrogens is 457 g/mol. The Balaban J connectivity index is 1.77. The van der Waals surface area contributed by atoms with Crippen molar-refractivity contribution in [3.63, 3.8) is 0 Å². The zero-order valence-electron chi connectivity index (χ0n) is 19.9. The molecule has 0 aliphatic carbocycles. The summed E-state index contributed by atoms with van der Waals surface area (Å²) in [6.07, 6.45) is 3.94. The quantitative estimate of drug-likeness (QED) is 0.0711. The number of nitrogens with zero attached hydrogens (tertiary/aromatic N) is 3. The fourth-order valence-electron chi connectivity index (χ4n) is 4.22. The van der Waals surface area contributed by atoms with Gasteiger partial charge in [-0.15, -0.1) is 0 Å². The second kappa shape index (κ2) is 11.6. The van der Waals surface area contributed by atoms with Gasteiger partial charge in [0.2, 0.25) is 0 Å². The Hall–Kier alpha value is -2.74. The van der Waals surface area contributed by atoms with Crippen LogP contribution in [0.3, 0.4) is 0 Å². The van der Waals surface area contributed by atoms with Gasteiger partial charge in [-0.2, -0.15) is 0 Å². The molecule has 0 radical (unpaired) electrons. The Morgan fingerprint density at radius 3 is 2.26 bits per heavy atom. The lowest BCUT2D eigenvalue weighted by molar-refractivity contribution is -0.384. The Morgan fingerprint density at radius 1 is 1.03 bits per heavy atom. The van der Waals surface area contributed by atoms with Crippen molar-refractivity contribution in [2.45, 2.75) is 53.0 Å². The van der Waals surface area contributed by atoms with Crippen molar-refractivity contribution >= 4 is 40.8 Å². The first kappa shape index (κ1) is 25.9. The Labute approximate surface area is 199 Å². The molecule has 0 fully saturated rings. The van der Waals surface area contributed by atoms with Crippen LogP contribution in [0.2, 0.25) is 0 Å². The molecule has 0 atom stereocenters. The molecule has 1 aromatic heterocycles. The predicted octanol–water partition coefficient (Wildman–Crippen LogP) is 6.73. The van der Waals surface area contributed by atoms with Gasteiger partial charge >= 0.3 is 7.60 Å². The van der Waals surface area contributed by atoms with E-state index in [1.165, 1.54) is 6.07 Å². The molecule has 0 spiro atoms. The minimum Gasteiger partial charge on any atom is -0.411 e. The molecule has 3 aromatic rings. The third-order valence-corrected chi connectivity index (χ3v) is 8.01. The van der Waals surface area contributed by atoms with Crippen molar-refractivity contribution in [3.8, 4) is 0 Å². The maximum Gasteiger partial charge on any atom is 0.330 e. The molecule has 0 saturated carbocycles. The van der Waals surface area contributed by atoms with Crippen LogP contribution in [-0.4, -0.2) is 39.8 Å². The monoisotopic (exact) mass is 489 g/mol. The number of hydrogen-bond acceptors (Lipinski definition) is 7. The summed E-state index contributed by atoms with van der Waals surface area (Å²) in [4.78, 5) is 11.0. The van der Waals surface area contributed by atoms with Gasteiger partial charge in [0, 0.05) is 40.5 Å². The number of fused-ring (bicyclic) bond motifs is 3. The maximum atomic E-state index is 12.6. The van der Waals surface area contributed by atoms with E-state index >= 15 is 0 Å². The molecule has 3 rings (SSSR count). The first-order valence-electron chi connectivity index (χ1n) is 11.6. The lowest BCUT2D eigenvalue weighted by atomic mass is 10.1. The van der Waals surface area contributed by atoms with Gasteiger partial charge in [0.05, 0.1) is 30.0 Å². The Morgan fingerprint density at radius 2 is 1.65 bits per heavy atom. The van der Waals surface area contributed by atoms with Crippen molar-refractivity contribution in [2.24, 2.45) is 5.16 Å². The van der Waals surface area contributed by atoms with Crippen molar-refractivity contribution in [1.29, 1.82) is 0 Å². The van der Waals surface area contributed by atoms with Gasteiger partial charge in [0.1, 0.15) is 0 Å². The zero-order chi connectivity index (χ0) is 24.7. The average Bonchev–Trinajstić information content (AvgIpc) is 3.13. The lowest BCUT2D eigenvalue weighted by Gasteiger charge is -2.16. The fourth-order valence-corrected chi connectivity index (χ4v) is 5.95. The number of nitro benzene ring substituents is 1. The highest BCUT2D eigenvalue weighted by Crippen LogP contribution is 2.48. The van der Waals surface area contributed by atoms with E-state index in [9.17, 15) is 14.7 Å². The van der Waals surface area contributed by atoms with E-state index in [2.05, 4.69) is 9.72 Å². The van der Waals surface area contributed by atoms with E-state index in [0.717, 1.165) is 59.6 Å². The van der Waals surface area contributed by atoms with E-state index in [1.54, 1.807) is 19.1 Å². The standard InChI is InChI=1S/C24H32N3O6P/c1-4-32-34(31,33-5-2)15-9-7-6-8-14-26-23-12-10-19(18(3)25-28)16-21(23)22-17-20(27(29)30)11-13-24(22)26/h10-13,16-17,28H,4-9,14-15H2,1-3H3/b25-18+. The van der Waals surface area contributed by atoms with E-state index in [1.807, 2.05) is 32.0 Å². The average molecular weight is 490 g/mol. The predicted molar refractivity (Wildman–Crippen MR) is 134 cm³/mol. The summed E-state index contributed by atoms with van der Waals surface area (Å²) in [5.41, 5.74) is 3.17. The van der Waals surface area contributed by atoms with Gasteiger partial charge in [0.25, 0.3) is 5.69 Å². The molecule has 0 aliphatic rings. The fraction of sp³-hybridized carbons (Fsp3) is 0.458. The van der Waals surface area contributed by atoms with Gasteiger partial charge in [-0.05, 0) is 57.4 Å². The van der Waals surface area contributed by atoms with Gasteiger partial charge in [-0.25, -0.2) is 0 Å². The molecule has 10 heteroatoms. The van der Waals surface area contributed by atoms with Gasteiger partial charge in [0.15, 0.2) is 0 Å². The number of aryl methyl sites for hydroxylation is 1. The summed E-state index contributed by atoms with van der Waals surface area (Å²) in [6, 6.07) is 10.7. The maximum absolute atomic E-state index is 12.6. The molecule has 0 unspecified atom stereocenters. The molecule has 0 amide bonds. The molecule has 184 valence electrons.